The van der Waals surface area contributed by atoms with E-state index in [-0.39, 0.29) is 16.8 Å². The summed E-state index contributed by atoms with van der Waals surface area (Å²) < 4.78 is 39.5. The number of hydrogen-bond acceptors (Lipinski definition) is 6. The number of benzene rings is 2. The SMILES string of the molecule is COc1cc(C(=O)N[C@H](C)c2ccc(S(C)(=O)=O)cc2)cc2c1OCCO2. The molecule has 7 nitrogen and oxygen atoms in total. The fraction of sp³-hybridized carbons (Fsp3) is 0.316. The fourth-order valence-corrected chi connectivity index (χ4v) is 3.40. The summed E-state index contributed by atoms with van der Waals surface area (Å²) >= 11 is 0. The quantitative estimate of drug-likeness (QED) is 0.841. The van der Waals surface area contributed by atoms with Crippen LogP contribution in [0.15, 0.2) is 41.3 Å². The molecule has 0 unspecified atom stereocenters. The molecule has 0 saturated heterocycles. The lowest BCUT2D eigenvalue weighted by Gasteiger charge is -2.22. The summed E-state index contributed by atoms with van der Waals surface area (Å²) in [7, 11) is -1.75. The van der Waals surface area contributed by atoms with Crippen LogP contribution in [0.2, 0.25) is 0 Å². The standard InChI is InChI=1S/C19H21NO6S/c1-12(13-4-6-15(7-5-13)27(3,22)23)20-19(21)14-10-16(24-2)18-17(11-14)25-8-9-26-18/h4-7,10-12H,8-9H2,1-3H3,(H,20,21)/t12-/m1/s1. The minimum absolute atomic E-state index is 0.237. The van der Waals surface area contributed by atoms with Gasteiger partial charge in [-0.15, -0.1) is 0 Å². The molecule has 1 N–H and O–H groups in total. The third kappa shape index (κ3) is 4.16. The van der Waals surface area contributed by atoms with Gasteiger partial charge in [-0.25, -0.2) is 8.42 Å². The number of amides is 1. The number of nitrogens with one attached hydrogen (secondary N) is 1. The molecule has 0 aliphatic carbocycles. The van der Waals surface area contributed by atoms with Gasteiger partial charge in [0.05, 0.1) is 18.0 Å². The summed E-state index contributed by atoms with van der Waals surface area (Å²) in [6.07, 6.45) is 1.16. The van der Waals surface area contributed by atoms with Crippen molar-refractivity contribution in [3.8, 4) is 17.2 Å². The number of sulfone groups is 1. The molecule has 0 aromatic heterocycles. The van der Waals surface area contributed by atoms with E-state index in [2.05, 4.69) is 5.32 Å². The van der Waals surface area contributed by atoms with Gasteiger partial charge in [0.2, 0.25) is 5.75 Å². The molecule has 2 aromatic carbocycles. The van der Waals surface area contributed by atoms with Crippen LogP contribution in [0.5, 0.6) is 17.2 Å². The number of methoxy groups -OCH3 is 1. The first-order valence-electron chi connectivity index (χ1n) is 8.38. The van der Waals surface area contributed by atoms with Gasteiger partial charge in [-0.1, -0.05) is 12.1 Å². The van der Waals surface area contributed by atoms with Crippen LogP contribution in [-0.2, 0) is 9.84 Å². The molecule has 0 fully saturated rings. The molecular weight excluding hydrogens is 370 g/mol. The summed E-state index contributed by atoms with van der Waals surface area (Å²) in [4.78, 5) is 12.9. The van der Waals surface area contributed by atoms with E-state index in [1.807, 2.05) is 6.92 Å². The maximum Gasteiger partial charge on any atom is 0.252 e. The Bertz CT molecular complexity index is 936. The van der Waals surface area contributed by atoms with Crippen molar-refractivity contribution in [1.29, 1.82) is 0 Å². The Balaban J connectivity index is 1.78. The van der Waals surface area contributed by atoms with E-state index in [0.29, 0.717) is 36.0 Å². The van der Waals surface area contributed by atoms with Gasteiger partial charge in [0.15, 0.2) is 21.3 Å². The molecule has 0 saturated carbocycles. The van der Waals surface area contributed by atoms with E-state index in [1.54, 1.807) is 24.3 Å². The third-order valence-corrected chi connectivity index (χ3v) is 5.37. The fourth-order valence-electron chi connectivity index (χ4n) is 2.77. The summed E-state index contributed by atoms with van der Waals surface area (Å²) in [6, 6.07) is 9.33. The van der Waals surface area contributed by atoms with Crippen molar-refractivity contribution in [3.05, 3.63) is 47.5 Å². The van der Waals surface area contributed by atoms with E-state index in [0.717, 1.165) is 11.8 Å². The van der Waals surface area contributed by atoms with Crippen molar-refractivity contribution in [2.75, 3.05) is 26.6 Å². The van der Waals surface area contributed by atoms with Gasteiger partial charge in [-0.3, -0.25) is 4.79 Å². The minimum Gasteiger partial charge on any atom is -0.493 e. The molecule has 3 rings (SSSR count). The maximum absolute atomic E-state index is 12.6. The highest BCUT2D eigenvalue weighted by atomic mass is 32.2. The van der Waals surface area contributed by atoms with Gasteiger partial charge in [-0.2, -0.15) is 0 Å². The van der Waals surface area contributed by atoms with Gasteiger partial charge in [0.25, 0.3) is 5.91 Å². The molecule has 2 aromatic rings. The largest absolute Gasteiger partial charge is 0.493 e. The van der Waals surface area contributed by atoms with Gasteiger partial charge >= 0.3 is 0 Å². The zero-order valence-corrected chi connectivity index (χ0v) is 16.1. The van der Waals surface area contributed by atoms with Crippen LogP contribution in [0.25, 0.3) is 0 Å². The van der Waals surface area contributed by atoms with Crippen molar-refractivity contribution in [2.45, 2.75) is 17.9 Å². The van der Waals surface area contributed by atoms with Crippen LogP contribution in [-0.4, -0.2) is 40.9 Å². The van der Waals surface area contributed by atoms with Crippen LogP contribution in [0.3, 0.4) is 0 Å². The van der Waals surface area contributed by atoms with Crippen LogP contribution in [0.1, 0.15) is 28.9 Å². The average molecular weight is 391 g/mol. The minimum atomic E-state index is -3.25. The normalized spacial score (nSPS) is 14.3. The van der Waals surface area contributed by atoms with Crippen LogP contribution in [0.4, 0.5) is 0 Å². The van der Waals surface area contributed by atoms with Gasteiger partial charge in [0.1, 0.15) is 13.2 Å². The van der Waals surface area contributed by atoms with E-state index in [9.17, 15) is 13.2 Å². The molecule has 8 heteroatoms. The first kappa shape index (κ1) is 19.0. The zero-order chi connectivity index (χ0) is 19.6. The highest BCUT2D eigenvalue weighted by molar-refractivity contribution is 7.90. The lowest BCUT2D eigenvalue weighted by Crippen LogP contribution is -2.27. The summed E-state index contributed by atoms with van der Waals surface area (Å²) in [5.41, 5.74) is 1.18. The molecule has 1 aliphatic heterocycles. The van der Waals surface area contributed by atoms with E-state index in [1.165, 1.54) is 19.2 Å². The number of fused-ring (bicyclic) bond motifs is 1. The van der Waals surface area contributed by atoms with Crippen LogP contribution < -0.4 is 19.5 Å². The first-order valence-corrected chi connectivity index (χ1v) is 10.3. The Kier molecular flexibility index (Phi) is 5.27. The van der Waals surface area contributed by atoms with Crippen LogP contribution >= 0.6 is 0 Å². The van der Waals surface area contributed by atoms with Gasteiger partial charge < -0.3 is 19.5 Å². The average Bonchev–Trinajstić information content (AvgIpc) is 2.66. The van der Waals surface area contributed by atoms with E-state index in [4.69, 9.17) is 14.2 Å². The second-order valence-corrected chi connectivity index (χ2v) is 8.25. The number of hydrogen-bond donors (Lipinski definition) is 1. The smallest absolute Gasteiger partial charge is 0.252 e. The van der Waals surface area contributed by atoms with Crippen molar-refractivity contribution in [3.63, 3.8) is 0 Å². The summed E-state index contributed by atoms with van der Waals surface area (Å²) in [6.45, 7) is 2.66. The zero-order valence-electron chi connectivity index (χ0n) is 15.3. The summed E-state index contributed by atoms with van der Waals surface area (Å²) in [5.74, 6) is 1.09. The molecule has 1 aliphatic rings. The number of ether oxygens (including phenoxy) is 3. The van der Waals surface area contributed by atoms with Gasteiger partial charge in [-0.05, 0) is 36.8 Å². The van der Waals surface area contributed by atoms with Crippen molar-refractivity contribution < 1.29 is 27.4 Å². The lowest BCUT2D eigenvalue weighted by molar-refractivity contribution is 0.0938. The Hall–Kier alpha value is -2.74. The molecule has 27 heavy (non-hydrogen) atoms. The van der Waals surface area contributed by atoms with Crippen molar-refractivity contribution in [1.82, 2.24) is 5.32 Å². The molecule has 0 radical (unpaired) electrons. The van der Waals surface area contributed by atoms with Crippen molar-refractivity contribution in [2.24, 2.45) is 0 Å². The summed E-state index contributed by atoms with van der Waals surface area (Å²) in [5, 5.41) is 2.89. The molecule has 1 atom stereocenters. The van der Waals surface area contributed by atoms with Crippen LogP contribution in [0, 0.1) is 0 Å². The number of rotatable bonds is 5. The molecule has 144 valence electrons. The topological polar surface area (TPSA) is 90.9 Å². The Morgan fingerprint density at radius 2 is 1.81 bits per heavy atom. The highest BCUT2D eigenvalue weighted by Crippen LogP contribution is 2.40. The predicted octanol–water partition coefficient (Wildman–Crippen LogP) is 2.36. The Morgan fingerprint density at radius 1 is 1.15 bits per heavy atom. The lowest BCUT2D eigenvalue weighted by atomic mass is 10.1. The number of carbonyl (C=O) groups is 1. The predicted molar refractivity (Wildman–Crippen MR) is 99.4 cm³/mol. The monoisotopic (exact) mass is 391 g/mol. The third-order valence-electron chi connectivity index (χ3n) is 4.25. The Labute approximate surface area is 158 Å². The Morgan fingerprint density at radius 3 is 2.44 bits per heavy atom. The molecule has 1 amide bonds. The molecule has 0 bridgehead atoms. The molecule has 1 heterocycles. The first-order chi connectivity index (χ1) is 12.8. The maximum atomic E-state index is 12.6. The molecule has 0 spiro atoms. The molecular formula is C19H21NO6S. The second kappa shape index (κ2) is 7.48. The van der Waals surface area contributed by atoms with E-state index < -0.39 is 9.84 Å². The second-order valence-electron chi connectivity index (χ2n) is 6.24. The number of carbonyl (C=O) groups excluding carboxylic acids is 1. The van der Waals surface area contributed by atoms with Crippen molar-refractivity contribution >= 4 is 15.7 Å². The van der Waals surface area contributed by atoms with E-state index >= 15 is 0 Å². The van der Waals surface area contributed by atoms with Gasteiger partial charge in [0, 0.05) is 11.8 Å². The highest BCUT2D eigenvalue weighted by Gasteiger charge is 2.22.